The second-order valence-corrected chi connectivity index (χ2v) is 7.20. The molecule has 1 fully saturated rings. The van der Waals surface area contributed by atoms with E-state index in [0.29, 0.717) is 16.0 Å². The Morgan fingerprint density at radius 2 is 1.23 bits per heavy atom. The van der Waals surface area contributed by atoms with Crippen molar-refractivity contribution in [2.24, 2.45) is 0 Å². The monoisotopic (exact) mass is 406 g/mol. The lowest BCUT2D eigenvalue weighted by molar-refractivity contribution is -0.155. The Labute approximate surface area is 173 Å². The van der Waals surface area contributed by atoms with E-state index in [4.69, 9.17) is 0 Å². The molecule has 0 saturated carbocycles. The Kier molecular flexibility index (Phi) is 5.31. The van der Waals surface area contributed by atoms with Gasteiger partial charge in [-0.15, -0.1) is 0 Å². The Bertz CT molecular complexity index is 1030. The van der Waals surface area contributed by atoms with Crippen LogP contribution in [0.4, 0.5) is 19.3 Å². The number of hydrogen-bond donors (Lipinski definition) is 0. The molecule has 30 heavy (non-hydrogen) atoms. The van der Waals surface area contributed by atoms with Crippen molar-refractivity contribution in [2.45, 2.75) is 24.9 Å². The van der Waals surface area contributed by atoms with Crippen molar-refractivity contribution in [2.75, 3.05) is 4.90 Å². The molecule has 0 aliphatic carbocycles. The second-order valence-electron chi connectivity index (χ2n) is 7.20. The van der Waals surface area contributed by atoms with E-state index in [1.807, 2.05) is 6.07 Å². The summed E-state index contributed by atoms with van der Waals surface area (Å²) in [5.41, 5.74) is 1.47. The number of alkyl halides is 2. The van der Waals surface area contributed by atoms with Crippen LogP contribution in [-0.4, -0.2) is 28.8 Å². The van der Waals surface area contributed by atoms with E-state index in [0.717, 1.165) is 4.90 Å². The molecule has 1 aliphatic heterocycles. The topological polar surface area (TPSA) is 40.6 Å². The zero-order valence-corrected chi connectivity index (χ0v) is 16.1. The average molecular weight is 406 g/mol. The smallest absolute Gasteiger partial charge is 0.310 e. The van der Waals surface area contributed by atoms with Gasteiger partial charge in [0.2, 0.25) is 0 Å². The van der Waals surface area contributed by atoms with Crippen LogP contribution in [0, 0.1) is 0 Å². The summed E-state index contributed by atoms with van der Waals surface area (Å²) in [5, 5.41) is 0. The predicted octanol–water partition coefficient (Wildman–Crippen LogP) is 4.90. The van der Waals surface area contributed by atoms with Crippen LogP contribution in [-0.2, 0) is 17.8 Å². The van der Waals surface area contributed by atoms with Gasteiger partial charge in [0.15, 0.2) is 0 Å². The first-order valence-electron chi connectivity index (χ1n) is 9.64. The quantitative estimate of drug-likeness (QED) is 0.605. The van der Waals surface area contributed by atoms with Gasteiger partial charge in [0, 0.05) is 6.54 Å². The SMILES string of the molecule is O=C1N(c2ccccc2)C(=O)C(F)(F)C(Cc2ccccc2)N1Cc1ccccc1. The first-order chi connectivity index (χ1) is 14.5. The van der Waals surface area contributed by atoms with Gasteiger partial charge in [-0.05, 0) is 29.7 Å². The van der Waals surface area contributed by atoms with Gasteiger partial charge in [-0.1, -0.05) is 78.9 Å². The van der Waals surface area contributed by atoms with E-state index in [-0.39, 0.29) is 18.7 Å². The number of imide groups is 1. The number of carbonyl (C=O) groups is 2. The maximum atomic E-state index is 15.4. The first-order valence-corrected chi connectivity index (χ1v) is 9.64. The van der Waals surface area contributed by atoms with Crippen LogP contribution >= 0.6 is 0 Å². The molecule has 4 rings (SSSR count). The molecule has 1 aliphatic rings. The number of hydrogen-bond acceptors (Lipinski definition) is 2. The number of nitrogens with zero attached hydrogens (tertiary/aromatic N) is 2. The van der Waals surface area contributed by atoms with Gasteiger partial charge < -0.3 is 4.90 Å². The highest BCUT2D eigenvalue weighted by molar-refractivity contribution is 6.18. The van der Waals surface area contributed by atoms with Gasteiger partial charge in [-0.25, -0.2) is 9.69 Å². The summed E-state index contributed by atoms with van der Waals surface area (Å²) in [7, 11) is 0. The van der Waals surface area contributed by atoms with Crippen molar-refractivity contribution in [3.8, 4) is 0 Å². The highest BCUT2D eigenvalue weighted by Crippen LogP contribution is 2.37. The van der Waals surface area contributed by atoms with Crippen molar-refractivity contribution in [1.29, 1.82) is 0 Å². The fraction of sp³-hybridized carbons (Fsp3) is 0.167. The lowest BCUT2D eigenvalue weighted by Crippen LogP contribution is -2.68. The van der Waals surface area contributed by atoms with Gasteiger partial charge in [-0.2, -0.15) is 8.78 Å². The summed E-state index contributed by atoms with van der Waals surface area (Å²) in [5.74, 6) is -5.24. The van der Waals surface area contributed by atoms with E-state index in [2.05, 4.69) is 0 Å². The number of benzene rings is 3. The lowest BCUT2D eigenvalue weighted by atomic mass is 9.95. The zero-order chi connectivity index (χ0) is 21.1. The van der Waals surface area contributed by atoms with Crippen LogP contribution in [0.3, 0.4) is 0 Å². The Morgan fingerprint density at radius 3 is 1.80 bits per heavy atom. The normalized spacial score (nSPS) is 18.5. The van der Waals surface area contributed by atoms with E-state index in [1.165, 1.54) is 12.1 Å². The van der Waals surface area contributed by atoms with E-state index in [9.17, 15) is 9.59 Å². The summed E-state index contributed by atoms with van der Waals surface area (Å²) >= 11 is 0. The third-order valence-electron chi connectivity index (χ3n) is 5.20. The Balaban J connectivity index is 1.76. The number of rotatable bonds is 5. The van der Waals surface area contributed by atoms with Crippen molar-refractivity contribution < 1.29 is 18.4 Å². The number of carbonyl (C=O) groups excluding carboxylic acids is 2. The average Bonchev–Trinajstić information content (AvgIpc) is 2.77. The van der Waals surface area contributed by atoms with Crippen LogP contribution in [0.2, 0.25) is 0 Å². The molecule has 1 unspecified atom stereocenters. The summed E-state index contributed by atoms with van der Waals surface area (Å²) in [6.45, 7) is -0.0244. The Morgan fingerprint density at radius 1 is 0.733 bits per heavy atom. The summed E-state index contributed by atoms with van der Waals surface area (Å²) in [6.07, 6.45) is -0.124. The maximum Gasteiger partial charge on any atom is 0.345 e. The number of urea groups is 1. The molecular formula is C24H20F2N2O2. The second kappa shape index (κ2) is 8.06. The van der Waals surface area contributed by atoms with Gasteiger partial charge in [0.25, 0.3) is 0 Å². The first kappa shape index (κ1) is 19.8. The summed E-state index contributed by atoms with van der Waals surface area (Å²) < 4.78 is 30.8. The Hall–Kier alpha value is -3.54. The minimum Gasteiger partial charge on any atom is -0.310 e. The molecule has 0 N–H and O–H groups in total. The third kappa shape index (κ3) is 3.68. The predicted molar refractivity (Wildman–Crippen MR) is 110 cm³/mol. The molecule has 3 aromatic carbocycles. The molecule has 152 valence electrons. The van der Waals surface area contributed by atoms with Crippen molar-refractivity contribution in [3.05, 3.63) is 102 Å². The summed E-state index contributed by atoms with van der Waals surface area (Å²) in [4.78, 5) is 27.8. The lowest BCUT2D eigenvalue weighted by Gasteiger charge is -2.44. The van der Waals surface area contributed by atoms with E-state index in [1.54, 1.807) is 72.8 Å². The molecule has 1 atom stereocenters. The van der Waals surface area contributed by atoms with Crippen molar-refractivity contribution in [3.63, 3.8) is 0 Å². The largest absolute Gasteiger partial charge is 0.345 e. The highest BCUT2D eigenvalue weighted by Gasteiger charge is 2.59. The van der Waals surface area contributed by atoms with E-state index >= 15 is 8.78 Å². The molecule has 0 spiro atoms. The summed E-state index contributed by atoms with van der Waals surface area (Å²) in [6, 6.07) is 23.2. The third-order valence-corrected chi connectivity index (χ3v) is 5.20. The van der Waals surface area contributed by atoms with Gasteiger partial charge in [0.1, 0.15) is 6.04 Å². The number of anilines is 1. The fourth-order valence-electron chi connectivity index (χ4n) is 3.67. The standard InChI is InChI=1S/C24H20F2N2O2/c25-24(26)21(16-18-10-4-1-5-11-18)27(17-19-12-6-2-7-13-19)23(30)28(22(24)29)20-14-8-3-9-15-20/h1-15,21H,16-17H2. The molecular weight excluding hydrogens is 386 g/mol. The molecule has 0 bridgehead atoms. The molecule has 1 saturated heterocycles. The van der Waals surface area contributed by atoms with Crippen LogP contribution in [0.15, 0.2) is 91.0 Å². The van der Waals surface area contributed by atoms with Crippen LogP contribution < -0.4 is 4.90 Å². The number of halogens is 2. The number of para-hydroxylation sites is 1. The molecule has 1 heterocycles. The number of amides is 3. The zero-order valence-electron chi connectivity index (χ0n) is 16.1. The molecule has 4 nitrogen and oxygen atoms in total. The molecule has 0 radical (unpaired) electrons. The van der Waals surface area contributed by atoms with Crippen LogP contribution in [0.5, 0.6) is 0 Å². The molecule has 0 aromatic heterocycles. The van der Waals surface area contributed by atoms with Gasteiger partial charge >= 0.3 is 17.9 Å². The minimum absolute atomic E-state index is 0.0244. The highest BCUT2D eigenvalue weighted by atomic mass is 19.3. The van der Waals surface area contributed by atoms with Gasteiger partial charge in [0.05, 0.1) is 5.69 Å². The van der Waals surface area contributed by atoms with E-state index < -0.39 is 23.9 Å². The van der Waals surface area contributed by atoms with Crippen LogP contribution in [0.1, 0.15) is 11.1 Å². The van der Waals surface area contributed by atoms with Crippen molar-refractivity contribution >= 4 is 17.6 Å². The van der Waals surface area contributed by atoms with Crippen molar-refractivity contribution in [1.82, 2.24) is 4.90 Å². The molecule has 3 amide bonds. The maximum absolute atomic E-state index is 15.4. The van der Waals surface area contributed by atoms with Crippen LogP contribution in [0.25, 0.3) is 0 Å². The molecule has 6 heteroatoms. The fourth-order valence-corrected chi connectivity index (χ4v) is 3.67. The molecule has 3 aromatic rings. The van der Waals surface area contributed by atoms with Gasteiger partial charge in [-0.3, -0.25) is 4.79 Å². The minimum atomic E-state index is -3.74.